The first-order valence-electron chi connectivity index (χ1n) is 9.19. The molecule has 2 aliphatic rings. The molecule has 0 radical (unpaired) electrons. The number of quaternary nitrogens is 1. The van der Waals surface area contributed by atoms with Gasteiger partial charge >= 0.3 is 0 Å². The second-order valence-corrected chi connectivity index (χ2v) is 7.04. The Labute approximate surface area is 153 Å². The maximum absolute atomic E-state index is 12.8. The van der Waals surface area contributed by atoms with Crippen molar-refractivity contribution >= 4 is 17.4 Å². The molecule has 0 bridgehead atoms. The minimum atomic E-state index is -0.316. The fourth-order valence-electron chi connectivity index (χ4n) is 3.86. The first-order valence-corrected chi connectivity index (χ1v) is 9.19. The third-order valence-electron chi connectivity index (χ3n) is 5.36. The lowest BCUT2D eigenvalue weighted by Crippen LogP contribution is -3.14. The molecule has 0 aliphatic carbocycles. The van der Waals surface area contributed by atoms with E-state index in [1.807, 2.05) is 36.4 Å². The predicted octanol–water partition coefficient (Wildman–Crippen LogP) is 1.86. The van der Waals surface area contributed by atoms with E-state index in [4.69, 9.17) is 0 Å². The molecule has 0 spiro atoms. The summed E-state index contributed by atoms with van der Waals surface area (Å²) < 4.78 is 0. The lowest BCUT2D eigenvalue weighted by atomic mass is 9.98. The smallest absolute Gasteiger partial charge is 0.241 e. The standard InChI is InChI=1S/C22H22N2O2/c25-21-15-20(19-9-5-2-6-10-19)22(26)24(21)16-23-13-11-18(12-14-23)17-7-3-1-4-8-17/h1-11,20H,12-16H2/p+1/t20-/m0/s1. The largest absolute Gasteiger partial charge is 0.314 e. The Hall–Kier alpha value is -2.72. The van der Waals surface area contributed by atoms with Crippen molar-refractivity contribution in [3.05, 3.63) is 77.9 Å². The third kappa shape index (κ3) is 3.33. The lowest BCUT2D eigenvalue weighted by Gasteiger charge is -2.27. The fraction of sp³-hybridized carbons (Fsp3) is 0.273. The maximum Gasteiger partial charge on any atom is 0.241 e. The number of nitrogens with zero attached hydrogens (tertiary/aromatic N) is 1. The number of nitrogens with one attached hydrogen (secondary N) is 1. The van der Waals surface area contributed by atoms with E-state index < -0.39 is 0 Å². The van der Waals surface area contributed by atoms with Gasteiger partial charge in [-0.25, -0.2) is 4.90 Å². The van der Waals surface area contributed by atoms with Gasteiger partial charge in [-0.05, 0) is 22.8 Å². The van der Waals surface area contributed by atoms with Crippen molar-refractivity contribution in [2.24, 2.45) is 0 Å². The van der Waals surface area contributed by atoms with Crippen molar-refractivity contribution < 1.29 is 14.5 Å². The highest BCUT2D eigenvalue weighted by Crippen LogP contribution is 2.28. The number of rotatable bonds is 4. The lowest BCUT2D eigenvalue weighted by molar-refractivity contribution is -0.902. The van der Waals surface area contributed by atoms with Gasteiger partial charge in [0.05, 0.1) is 19.0 Å². The van der Waals surface area contributed by atoms with E-state index in [0.717, 1.165) is 25.1 Å². The fourth-order valence-corrected chi connectivity index (χ4v) is 3.86. The van der Waals surface area contributed by atoms with Gasteiger partial charge in [0.1, 0.15) is 0 Å². The van der Waals surface area contributed by atoms with Crippen LogP contribution in [0, 0.1) is 0 Å². The minimum Gasteiger partial charge on any atom is -0.314 e. The van der Waals surface area contributed by atoms with Gasteiger partial charge in [0, 0.05) is 12.8 Å². The highest BCUT2D eigenvalue weighted by Gasteiger charge is 2.41. The Balaban J connectivity index is 1.41. The summed E-state index contributed by atoms with van der Waals surface area (Å²) in [6.45, 7) is 2.25. The van der Waals surface area contributed by atoms with Gasteiger partial charge in [-0.3, -0.25) is 9.59 Å². The van der Waals surface area contributed by atoms with Crippen LogP contribution in [0.25, 0.3) is 5.57 Å². The molecule has 2 aromatic carbocycles. The number of benzene rings is 2. The average molecular weight is 347 g/mol. The highest BCUT2D eigenvalue weighted by molar-refractivity contribution is 6.06. The molecule has 4 rings (SSSR count). The quantitative estimate of drug-likeness (QED) is 0.858. The van der Waals surface area contributed by atoms with Crippen molar-refractivity contribution in [2.75, 3.05) is 19.8 Å². The second-order valence-electron chi connectivity index (χ2n) is 7.04. The van der Waals surface area contributed by atoms with Gasteiger partial charge in [0.2, 0.25) is 11.8 Å². The van der Waals surface area contributed by atoms with Crippen LogP contribution in [0.4, 0.5) is 0 Å². The van der Waals surface area contributed by atoms with Crippen molar-refractivity contribution in [1.29, 1.82) is 0 Å². The van der Waals surface area contributed by atoms with Crippen molar-refractivity contribution in [2.45, 2.75) is 18.8 Å². The van der Waals surface area contributed by atoms with E-state index in [2.05, 4.69) is 30.3 Å². The topological polar surface area (TPSA) is 41.8 Å². The van der Waals surface area contributed by atoms with E-state index in [-0.39, 0.29) is 17.7 Å². The molecule has 1 fully saturated rings. The third-order valence-corrected chi connectivity index (χ3v) is 5.36. The van der Waals surface area contributed by atoms with Crippen LogP contribution in [0.15, 0.2) is 66.7 Å². The molecule has 132 valence electrons. The average Bonchev–Trinajstić information content (AvgIpc) is 2.98. The molecule has 4 heteroatoms. The Morgan fingerprint density at radius 3 is 2.31 bits per heavy atom. The summed E-state index contributed by atoms with van der Waals surface area (Å²) in [7, 11) is 0. The molecule has 1 saturated heterocycles. The van der Waals surface area contributed by atoms with Crippen LogP contribution in [0.1, 0.15) is 29.9 Å². The van der Waals surface area contributed by atoms with E-state index in [9.17, 15) is 9.59 Å². The molecule has 2 aromatic rings. The summed E-state index contributed by atoms with van der Waals surface area (Å²) in [5, 5.41) is 0. The number of hydrogen-bond donors (Lipinski definition) is 1. The van der Waals surface area contributed by atoms with Gasteiger partial charge in [-0.1, -0.05) is 60.7 Å². The number of carbonyl (C=O) groups excluding carboxylic acids is 2. The zero-order chi connectivity index (χ0) is 17.9. The molecule has 2 heterocycles. The summed E-state index contributed by atoms with van der Waals surface area (Å²) in [6, 6.07) is 20.0. The molecule has 2 atom stereocenters. The number of likely N-dealkylation sites (tertiary alicyclic amines) is 1. The van der Waals surface area contributed by atoms with E-state index in [1.54, 1.807) is 0 Å². The molecule has 1 unspecified atom stereocenters. The normalized spacial score (nSPS) is 23.2. The van der Waals surface area contributed by atoms with Gasteiger partial charge in [0.15, 0.2) is 6.67 Å². The Bertz CT molecular complexity index is 830. The summed E-state index contributed by atoms with van der Waals surface area (Å²) in [5.74, 6) is -0.413. The molecule has 0 aromatic heterocycles. The summed E-state index contributed by atoms with van der Waals surface area (Å²) >= 11 is 0. The number of imide groups is 1. The van der Waals surface area contributed by atoms with Crippen molar-refractivity contribution in [3.8, 4) is 0 Å². The minimum absolute atomic E-state index is 0.0470. The van der Waals surface area contributed by atoms with Crippen LogP contribution < -0.4 is 4.90 Å². The van der Waals surface area contributed by atoms with Gasteiger partial charge < -0.3 is 4.90 Å². The van der Waals surface area contributed by atoms with Crippen molar-refractivity contribution in [3.63, 3.8) is 0 Å². The summed E-state index contributed by atoms with van der Waals surface area (Å²) in [6.07, 6.45) is 3.51. The zero-order valence-electron chi connectivity index (χ0n) is 14.7. The Morgan fingerprint density at radius 1 is 0.962 bits per heavy atom. The van der Waals surface area contributed by atoms with Crippen LogP contribution >= 0.6 is 0 Å². The van der Waals surface area contributed by atoms with Crippen LogP contribution in [0.3, 0.4) is 0 Å². The SMILES string of the molecule is O=C1C[C@@H](c2ccccc2)C(=O)N1C[NH+]1CC=C(c2ccccc2)CC1. The molecule has 26 heavy (non-hydrogen) atoms. The molecular weight excluding hydrogens is 324 g/mol. The zero-order valence-corrected chi connectivity index (χ0v) is 14.7. The molecule has 0 saturated carbocycles. The van der Waals surface area contributed by atoms with Crippen molar-refractivity contribution in [1.82, 2.24) is 4.90 Å². The highest BCUT2D eigenvalue weighted by atomic mass is 16.2. The first kappa shape index (κ1) is 16.7. The Kier molecular flexibility index (Phi) is 4.67. The maximum atomic E-state index is 12.8. The van der Waals surface area contributed by atoms with Crippen LogP contribution in [-0.2, 0) is 9.59 Å². The van der Waals surface area contributed by atoms with E-state index >= 15 is 0 Å². The number of amides is 2. The number of carbonyl (C=O) groups is 2. The van der Waals surface area contributed by atoms with Crippen LogP contribution in [0.5, 0.6) is 0 Å². The monoisotopic (exact) mass is 347 g/mol. The van der Waals surface area contributed by atoms with Gasteiger partial charge in [-0.15, -0.1) is 0 Å². The molecule has 4 nitrogen and oxygen atoms in total. The molecule has 2 aliphatic heterocycles. The van der Waals surface area contributed by atoms with E-state index in [0.29, 0.717) is 13.1 Å². The second kappa shape index (κ2) is 7.26. The first-order chi connectivity index (χ1) is 12.7. The van der Waals surface area contributed by atoms with Crippen LogP contribution in [-0.4, -0.2) is 36.5 Å². The summed E-state index contributed by atoms with van der Waals surface area (Å²) in [4.78, 5) is 27.9. The van der Waals surface area contributed by atoms with Gasteiger partial charge in [0.25, 0.3) is 0 Å². The summed E-state index contributed by atoms with van der Waals surface area (Å²) in [5.41, 5.74) is 3.56. The number of hydrogen-bond acceptors (Lipinski definition) is 2. The van der Waals surface area contributed by atoms with Crippen LogP contribution in [0.2, 0.25) is 0 Å². The molecular formula is C22H23N2O2+. The predicted molar refractivity (Wildman–Crippen MR) is 100 cm³/mol. The Morgan fingerprint density at radius 2 is 1.65 bits per heavy atom. The molecule has 2 amide bonds. The molecule has 1 N–H and O–H groups in total. The van der Waals surface area contributed by atoms with E-state index in [1.165, 1.54) is 20.9 Å². The van der Waals surface area contributed by atoms with Gasteiger partial charge in [-0.2, -0.15) is 0 Å².